The smallest absolute Gasteiger partial charge is 0.305 e. The van der Waals surface area contributed by atoms with E-state index in [4.69, 9.17) is 5.11 Å². The maximum Gasteiger partial charge on any atom is 0.305 e. The number of carboxylic acid groups (broad SMARTS) is 1. The van der Waals surface area contributed by atoms with Crippen LogP contribution in [0.1, 0.15) is 29.6 Å². The second-order valence-corrected chi connectivity index (χ2v) is 5.29. The van der Waals surface area contributed by atoms with Gasteiger partial charge in [-0.15, -0.1) is 0 Å². The standard InChI is InChI=1S/C15H16N2O3/c18-14(19)8-13(9-1-2-9)17-15(20)11-4-3-10-5-6-16-12(10)7-11/h3-7,9,13,16H,1-2,8H2,(H,17,20)(H,18,19). The van der Waals surface area contributed by atoms with E-state index in [1.54, 1.807) is 12.1 Å². The van der Waals surface area contributed by atoms with E-state index in [0.717, 1.165) is 23.7 Å². The predicted molar refractivity (Wildman–Crippen MR) is 74.5 cm³/mol. The van der Waals surface area contributed by atoms with Gasteiger partial charge in [-0.05, 0) is 42.3 Å². The zero-order chi connectivity index (χ0) is 14.1. The molecule has 3 N–H and O–H groups in total. The molecule has 1 aliphatic carbocycles. The van der Waals surface area contributed by atoms with Crippen LogP contribution in [0.2, 0.25) is 0 Å². The Morgan fingerprint density at radius 3 is 2.85 bits per heavy atom. The van der Waals surface area contributed by atoms with Gasteiger partial charge in [0.2, 0.25) is 0 Å². The predicted octanol–water partition coefficient (Wildman–Crippen LogP) is 2.15. The Morgan fingerprint density at radius 2 is 2.15 bits per heavy atom. The third kappa shape index (κ3) is 2.66. The van der Waals surface area contributed by atoms with Crippen LogP contribution in [0.4, 0.5) is 0 Å². The Balaban J connectivity index is 1.75. The number of hydrogen-bond acceptors (Lipinski definition) is 2. The van der Waals surface area contributed by atoms with Crippen LogP contribution < -0.4 is 5.32 Å². The highest BCUT2D eigenvalue weighted by molar-refractivity contribution is 5.98. The lowest BCUT2D eigenvalue weighted by Crippen LogP contribution is -2.38. The van der Waals surface area contributed by atoms with Gasteiger partial charge in [-0.25, -0.2) is 0 Å². The molecule has 1 amide bonds. The Hall–Kier alpha value is -2.30. The van der Waals surface area contributed by atoms with Crippen molar-refractivity contribution in [1.29, 1.82) is 0 Å². The molecule has 1 unspecified atom stereocenters. The van der Waals surface area contributed by atoms with Gasteiger partial charge >= 0.3 is 5.97 Å². The lowest BCUT2D eigenvalue weighted by molar-refractivity contribution is -0.137. The van der Waals surface area contributed by atoms with Gasteiger partial charge in [-0.1, -0.05) is 6.07 Å². The summed E-state index contributed by atoms with van der Waals surface area (Å²) in [6.45, 7) is 0. The molecule has 1 aromatic carbocycles. The van der Waals surface area contributed by atoms with Crippen LogP contribution in [0, 0.1) is 5.92 Å². The number of nitrogens with one attached hydrogen (secondary N) is 2. The summed E-state index contributed by atoms with van der Waals surface area (Å²) in [4.78, 5) is 26.1. The van der Waals surface area contributed by atoms with Gasteiger partial charge in [-0.3, -0.25) is 9.59 Å². The molecule has 1 aromatic heterocycles. The normalized spacial score (nSPS) is 16.0. The Morgan fingerprint density at radius 1 is 1.35 bits per heavy atom. The molecular weight excluding hydrogens is 256 g/mol. The summed E-state index contributed by atoms with van der Waals surface area (Å²) in [6.07, 6.45) is 3.80. The molecule has 1 aliphatic rings. The summed E-state index contributed by atoms with van der Waals surface area (Å²) in [6, 6.07) is 7.10. The first kappa shape index (κ1) is 12.7. The quantitative estimate of drug-likeness (QED) is 0.780. The van der Waals surface area contributed by atoms with Gasteiger partial charge < -0.3 is 15.4 Å². The number of benzene rings is 1. The minimum atomic E-state index is -0.873. The highest BCUT2D eigenvalue weighted by atomic mass is 16.4. The molecule has 5 nitrogen and oxygen atoms in total. The van der Waals surface area contributed by atoms with Gasteiger partial charge in [0, 0.05) is 23.3 Å². The van der Waals surface area contributed by atoms with E-state index in [1.165, 1.54) is 0 Å². The highest BCUT2D eigenvalue weighted by Crippen LogP contribution is 2.34. The fraction of sp³-hybridized carbons (Fsp3) is 0.333. The second kappa shape index (κ2) is 5.00. The third-order valence-corrected chi connectivity index (χ3v) is 3.72. The van der Waals surface area contributed by atoms with Crippen molar-refractivity contribution in [2.24, 2.45) is 5.92 Å². The number of aliphatic carboxylic acids is 1. The monoisotopic (exact) mass is 272 g/mol. The van der Waals surface area contributed by atoms with E-state index in [2.05, 4.69) is 10.3 Å². The first-order chi connectivity index (χ1) is 9.63. The van der Waals surface area contributed by atoms with Crippen LogP contribution in [-0.2, 0) is 4.79 Å². The lowest BCUT2D eigenvalue weighted by atomic mass is 10.1. The summed E-state index contributed by atoms with van der Waals surface area (Å²) >= 11 is 0. The van der Waals surface area contributed by atoms with Crippen LogP contribution in [0.25, 0.3) is 10.9 Å². The Kier molecular flexibility index (Phi) is 3.18. The molecule has 2 aromatic rings. The zero-order valence-electron chi connectivity index (χ0n) is 10.9. The number of fused-ring (bicyclic) bond motifs is 1. The first-order valence-electron chi connectivity index (χ1n) is 6.73. The van der Waals surface area contributed by atoms with E-state index in [-0.39, 0.29) is 18.4 Å². The van der Waals surface area contributed by atoms with Crippen molar-refractivity contribution in [1.82, 2.24) is 10.3 Å². The Bertz CT molecular complexity index is 658. The fourth-order valence-corrected chi connectivity index (χ4v) is 2.46. The van der Waals surface area contributed by atoms with E-state index in [0.29, 0.717) is 11.5 Å². The SMILES string of the molecule is O=C(O)CC(NC(=O)c1ccc2cc[nH]c2c1)C1CC1. The van der Waals surface area contributed by atoms with Crippen molar-refractivity contribution < 1.29 is 14.7 Å². The van der Waals surface area contributed by atoms with E-state index in [1.807, 2.05) is 18.3 Å². The van der Waals surface area contributed by atoms with Gasteiger partial charge in [0.05, 0.1) is 6.42 Å². The molecule has 0 spiro atoms. The van der Waals surface area contributed by atoms with Crippen molar-refractivity contribution in [2.75, 3.05) is 0 Å². The number of carbonyl (C=O) groups is 2. The minimum Gasteiger partial charge on any atom is -0.481 e. The largest absolute Gasteiger partial charge is 0.481 e. The van der Waals surface area contributed by atoms with E-state index < -0.39 is 5.97 Å². The van der Waals surface area contributed by atoms with Crippen molar-refractivity contribution in [3.8, 4) is 0 Å². The van der Waals surface area contributed by atoms with Crippen LogP contribution in [-0.4, -0.2) is 28.0 Å². The first-order valence-corrected chi connectivity index (χ1v) is 6.73. The average molecular weight is 272 g/mol. The van der Waals surface area contributed by atoms with Crippen molar-refractivity contribution in [2.45, 2.75) is 25.3 Å². The molecule has 20 heavy (non-hydrogen) atoms. The molecule has 0 radical (unpaired) electrons. The molecule has 0 aliphatic heterocycles. The number of carboxylic acids is 1. The molecule has 0 saturated heterocycles. The van der Waals surface area contributed by atoms with Gasteiger partial charge in [-0.2, -0.15) is 0 Å². The van der Waals surface area contributed by atoms with Gasteiger partial charge in [0.15, 0.2) is 0 Å². The van der Waals surface area contributed by atoms with Crippen LogP contribution in [0.3, 0.4) is 0 Å². The van der Waals surface area contributed by atoms with Crippen LogP contribution in [0.5, 0.6) is 0 Å². The average Bonchev–Trinajstić information content (AvgIpc) is 3.15. The third-order valence-electron chi connectivity index (χ3n) is 3.72. The maximum absolute atomic E-state index is 12.2. The summed E-state index contributed by atoms with van der Waals surface area (Å²) in [7, 11) is 0. The maximum atomic E-state index is 12.2. The number of hydrogen-bond donors (Lipinski definition) is 3. The lowest BCUT2D eigenvalue weighted by Gasteiger charge is -2.16. The summed E-state index contributed by atoms with van der Waals surface area (Å²) in [5, 5.41) is 12.8. The molecule has 5 heteroatoms. The Labute approximate surface area is 116 Å². The summed E-state index contributed by atoms with van der Waals surface area (Å²) < 4.78 is 0. The van der Waals surface area contributed by atoms with Crippen LogP contribution in [0.15, 0.2) is 30.5 Å². The van der Waals surface area contributed by atoms with Crippen molar-refractivity contribution in [3.63, 3.8) is 0 Å². The van der Waals surface area contributed by atoms with Crippen molar-refractivity contribution >= 4 is 22.8 Å². The zero-order valence-corrected chi connectivity index (χ0v) is 10.9. The highest BCUT2D eigenvalue weighted by Gasteiger charge is 2.33. The molecule has 104 valence electrons. The molecule has 3 rings (SSSR count). The molecule has 1 heterocycles. The number of aromatic amines is 1. The number of H-pyrrole nitrogens is 1. The summed E-state index contributed by atoms with van der Waals surface area (Å²) in [5.74, 6) is -0.772. The number of rotatable bonds is 5. The fourth-order valence-electron chi connectivity index (χ4n) is 2.46. The summed E-state index contributed by atoms with van der Waals surface area (Å²) in [5.41, 5.74) is 1.45. The molecule has 1 atom stereocenters. The molecule has 0 bridgehead atoms. The van der Waals surface area contributed by atoms with E-state index in [9.17, 15) is 9.59 Å². The molecule has 1 saturated carbocycles. The van der Waals surface area contributed by atoms with Crippen LogP contribution >= 0.6 is 0 Å². The topological polar surface area (TPSA) is 82.2 Å². The van der Waals surface area contributed by atoms with Crippen molar-refractivity contribution in [3.05, 3.63) is 36.0 Å². The number of carbonyl (C=O) groups excluding carboxylic acids is 1. The number of amides is 1. The van der Waals surface area contributed by atoms with Gasteiger partial charge in [0.25, 0.3) is 5.91 Å². The second-order valence-electron chi connectivity index (χ2n) is 5.29. The molecular formula is C15H16N2O3. The minimum absolute atomic E-state index is 0.0127. The molecule has 1 fully saturated rings. The number of aromatic nitrogens is 1. The van der Waals surface area contributed by atoms with E-state index >= 15 is 0 Å². The van der Waals surface area contributed by atoms with Gasteiger partial charge in [0.1, 0.15) is 0 Å².